The van der Waals surface area contributed by atoms with Crippen molar-refractivity contribution in [1.82, 2.24) is 20.3 Å². The Labute approximate surface area is 206 Å². The number of nitrogens with one attached hydrogen (secondary N) is 4. The molecule has 15 heteroatoms. The first-order valence-corrected chi connectivity index (χ1v) is 12.7. The number of nitrogens with zero attached hydrogens (tertiary/aromatic N) is 3. The van der Waals surface area contributed by atoms with Crippen molar-refractivity contribution in [2.45, 2.75) is 25.7 Å². The van der Waals surface area contributed by atoms with Gasteiger partial charge in [0.25, 0.3) is 17.7 Å². The zero-order valence-corrected chi connectivity index (χ0v) is 20.5. The van der Waals surface area contributed by atoms with Crippen LogP contribution in [0.4, 0.5) is 15.4 Å². The Kier molecular flexibility index (Phi) is 9.15. The summed E-state index contributed by atoms with van der Waals surface area (Å²) in [5, 5.41) is 15.6. The largest absolute Gasteiger partial charge is 0.354 e. The van der Waals surface area contributed by atoms with Crippen LogP contribution >= 0.6 is 34.0 Å². The van der Waals surface area contributed by atoms with Gasteiger partial charge in [-0.1, -0.05) is 6.42 Å². The molecule has 0 saturated heterocycles. The Hall–Kier alpha value is -3.27. The van der Waals surface area contributed by atoms with E-state index in [-0.39, 0.29) is 39.2 Å². The highest BCUT2D eigenvalue weighted by molar-refractivity contribution is 7.15. The second-order valence-electron chi connectivity index (χ2n) is 6.75. The number of amides is 4. The van der Waals surface area contributed by atoms with Gasteiger partial charge >= 0.3 is 0 Å². The number of hydrogen-bond donors (Lipinski definition) is 5. The molecule has 12 nitrogen and oxygen atoms in total. The molecule has 4 amide bonds. The molecule has 3 rings (SSSR count). The second-order valence-corrected chi connectivity index (χ2v) is 9.32. The molecular weight excluding hydrogens is 500 g/mol. The van der Waals surface area contributed by atoms with Crippen LogP contribution in [0.5, 0.6) is 0 Å². The van der Waals surface area contributed by atoms with Crippen LogP contribution < -0.4 is 27.0 Å². The number of thiazole rings is 3. The summed E-state index contributed by atoms with van der Waals surface area (Å²) < 4.78 is 0. The van der Waals surface area contributed by atoms with Crippen molar-refractivity contribution < 1.29 is 19.2 Å². The van der Waals surface area contributed by atoms with E-state index < -0.39 is 11.8 Å². The summed E-state index contributed by atoms with van der Waals surface area (Å²) in [4.78, 5) is 60.6. The lowest BCUT2D eigenvalue weighted by atomic mass is 10.2. The molecule has 0 spiro atoms. The number of hydrogen-bond acceptors (Lipinski definition) is 11. The molecule has 3 heterocycles. The van der Waals surface area contributed by atoms with E-state index in [4.69, 9.17) is 5.73 Å². The zero-order chi connectivity index (χ0) is 24.5. The summed E-state index contributed by atoms with van der Waals surface area (Å²) in [5.41, 5.74) is 5.83. The average molecular weight is 523 g/mol. The standard InChI is InChI=1S/C19H22N8O4S3/c1-21-14(29)10-7-33-18(22-10)26-16(31)12-9-34-19(24-12)27-15(30)11-8-32-17(23-11)25-13(28)5-3-2-4-6-20/h7-9H,2-6,20H2,1H3,(H,21,29)(H,22,26,31)(H,23,25,28)(H,24,27,30). The normalized spacial score (nSPS) is 10.5. The number of nitrogens with two attached hydrogens (primary N) is 1. The Morgan fingerprint density at radius 2 is 1.21 bits per heavy atom. The van der Waals surface area contributed by atoms with Crippen LogP contribution in [0.2, 0.25) is 0 Å². The third kappa shape index (κ3) is 7.11. The average Bonchev–Trinajstić information content (AvgIpc) is 3.57. The highest BCUT2D eigenvalue weighted by Gasteiger charge is 2.18. The van der Waals surface area contributed by atoms with Gasteiger partial charge in [-0.2, -0.15) is 0 Å². The molecule has 0 atom stereocenters. The molecule has 0 fully saturated rings. The van der Waals surface area contributed by atoms with Crippen molar-refractivity contribution in [2.75, 3.05) is 29.5 Å². The predicted molar refractivity (Wildman–Crippen MR) is 132 cm³/mol. The number of aromatic nitrogens is 3. The van der Waals surface area contributed by atoms with E-state index in [0.29, 0.717) is 18.1 Å². The topological polar surface area (TPSA) is 181 Å². The summed E-state index contributed by atoms with van der Waals surface area (Å²) in [7, 11) is 1.49. The van der Waals surface area contributed by atoms with E-state index in [0.717, 1.165) is 53.3 Å². The van der Waals surface area contributed by atoms with E-state index in [9.17, 15) is 19.2 Å². The van der Waals surface area contributed by atoms with Gasteiger partial charge in [0.05, 0.1) is 0 Å². The highest BCUT2D eigenvalue weighted by atomic mass is 32.1. The van der Waals surface area contributed by atoms with E-state index in [2.05, 4.69) is 36.2 Å². The predicted octanol–water partition coefficient (Wildman–Crippen LogP) is 2.38. The van der Waals surface area contributed by atoms with Crippen LogP contribution in [-0.4, -0.2) is 52.2 Å². The minimum Gasteiger partial charge on any atom is -0.354 e. The molecule has 3 aromatic heterocycles. The minimum absolute atomic E-state index is 0.0814. The Balaban J connectivity index is 1.51. The van der Waals surface area contributed by atoms with E-state index in [1.54, 1.807) is 0 Å². The maximum absolute atomic E-state index is 12.5. The van der Waals surface area contributed by atoms with Gasteiger partial charge in [0, 0.05) is 29.6 Å². The van der Waals surface area contributed by atoms with Gasteiger partial charge in [-0.05, 0) is 19.4 Å². The van der Waals surface area contributed by atoms with Crippen LogP contribution in [0.1, 0.15) is 57.1 Å². The quantitative estimate of drug-likeness (QED) is 0.238. The Morgan fingerprint density at radius 3 is 1.68 bits per heavy atom. The molecule has 3 aromatic rings. The first kappa shape index (κ1) is 25.4. The Bertz CT molecular complexity index is 1170. The highest BCUT2D eigenvalue weighted by Crippen LogP contribution is 2.21. The van der Waals surface area contributed by atoms with Crippen LogP contribution in [0.15, 0.2) is 16.1 Å². The summed E-state index contributed by atoms with van der Waals surface area (Å²) in [6, 6.07) is 0. The molecule has 0 aromatic carbocycles. The van der Waals surface area contributed by atoms with Gasteiger partial charge < -0.3 is 16.4 Å². The van der Waals surface area contributed by atoms with Crippen LogP contribution in [0.3, 0.4) is 0 Å². The Morgan fingerprint density at radius 1 is 0.735 bits per heavy atom. The SMILES string of the molecule is CNC(=O)c1csc(NC(=O)c2csc(NC(=O)c3csc(NC(=O)CCCCCN)n3)n2)n1. The van der Waals surface area contributed by atoms with Crippen molar-refractivity contribution in [1.29, 1.82) is 0 Å². The summed E-state index contributed by atoms with van der Waals surface area (Å²) >= 11 is 3.31. The van der Waals surface area contributed by atoms with Gasteiger partial charge in [0.1, 0.15) is 17.1 Å². The minimum atomic E-state index is -0.528. The third-order valence-electron chi connectivity index (χ3n) is 4.23. The molecule has 0 radical (unpaired) electrons. The second kappa shape index (κ2) is 12.3. The van der Waals surface area contributed by atoms with Crippen molar-refractivity contribution in [3.05, 3.63) is 33.2 Å². The van der Waals surface area contributed by atoms with Crippen molar-refractivity contribution >= 4 is 73.0 Å². The monoisotopic (exact) mass is 522 g/mol. The van der Waals surface area contributed by atoms with Crippen LogP contribution in [-0.2, 0) is 4.79 Å². The van der Waals surface area contributed by atoms with Gasteiger partial charge in [-0.25, -0.2) is 15.0 Å². The molecule has 0 aliphatic carbocycles. The van der Waals surface area contributed by atoms with E-state index in [1.165, 1.54) is 23.2 Å². The molecular formula is C19H22N8O4S3. The number of unbranched alkanes of at least 4 members (excludes halogenated alkanes) is 2. The number of rotatable bonds is 11. The van der Waals surface area contributed by atoms with Gasteiger partial charge in [0.2, 0.25) is 5.91 Å². The summed E-state index contributed by atoms with van der Waals surface area (Å²) in [5.74, 6) is -1.57. The van der Waals surface area contributed by atoms with Gasteiger partial charge in [-0.3, -0.25) is 29.8 Å². The number of carbonyl (C=O) groups is 4. The summed E-state index contributed by atoms with van der Waals surface area (Å²) in [6.07, 6.45) is 2.85. The third-order valence-corrected chi connectivity index (χ3v) is 6.51. The van der Waals surface area contributed by atoms with Crippen molar-refractivity contribution in [3.63, 3.8) is 0 Å². The fourth-order valence-electron chi connectivity index (χ4n) is 2.55. The fourth-order valence-corrected chi connectivity index (χ4v) is 4.62. The molecule has 0 aliphatic rings. The van der Waals surface area contributed by atoms with Crippen molar-refractivity contribution in [3.8, 4) is 0 Å². The van der Waals surface area contributed by atoms with Crippen LogP contribution in [0, 0.1) is 0 Å². The van der Waals surface area contributed by atoms with Gasteiger partial charge in [-0.15, -0.1) is 34.0 Å². The smallest absolute Gasteiger partial charge is 0.276 e. The maximum atomic E-state index is 12.5. The number of anilines is 3. The summed E-state index contributed by atoms with van der Waals surface area (Å²) in [6.45, 7) is 0.601. The fraction of sp³-hybridized carbons (Fsp3) is 0.316. The first-order valence-electron chi connectivity index (χ1n) is 10.1. The maximum Gasteiger partial charge on any atom is 0.276 e. The molecule has 6 N–H and O–H groups in total. The van der Waals surface area contributed by atoms with Crippen LogP contribution in [0.25, 0.3) is 0 Å². The molecule has 0 unspecified atom stereocenters. The number of carbonyl (C=O) groups excluding carboxylic acids is 4. The van der Waals surface area contributed by atoms with E-state index in [1.807, 2.05) is 0 Å². The van der Waals surface area contributed by atoms with E-state index >= 15 is 0 Å². The molecule has 180 valence electrons. The molecule has 0 aliphatic heterocycles. The lowest BCUT2D eigenvalue weighted by Gasteiger charge is -2.01. The zero-order valence-electron chi connectivity index (χ0n) is 18.0. The lowest BCUT2D eigenvalue weighted by molar-refractivity contribution is -0.116. The first-order chi connectivity index (χ1) is 16.4. The van der Waals surface area contributed by atoms with Crippen molar-refractivity contribution in [2.24, 2.45) is 5.73 Å². The molecule has 34 heavy (non-hydrogen) atoms. The molecule has 0 bridgehead atoms. The molecule has 0 saturated carbocycles. The van der Waals surface area contributed by atoms with Gasteiger partial charge in [0.15, 0.2) is 15.4 Å². The lowest BCUT2D eigenvalue weighted by Crippen LogP contribution is -2.18.